The predicted molar refractivity (Wildman–Crippen MR) is 324 cm³/mol. The summed E-state index contributed by atoms with van der Waals surface area (Å²) < 4.78 is 81.7. The number of Topliss-reactive ketones (excluding diaryl/α,β-unsaturated/α-hetero) is 1. The van der Waals surface area contributed by atoms with Gasteiger partial charge in [0, 0.05) is 56.3 Å². The molecule has 6 heterocycles. The van der Waals surface area contributed by atoms with Crippen molar-refractivity contribution in [1.82, 2.24) is 5.32 Å². The van der Waals surface area contributed by atoms with Gasteiger partial charge in [0.2, 0.25) is 5.78 Å². The fourth-order valence-corrected chi connectivity index (χ4v) is 17.0. The first-order chi connectivity index (χ1) is 43.9. The lowest BCUT2D eigenvalue weighted by atomic mass is 9.49. The molecule has 10 aliphatic rings. The van der Waals surface area contributed by atoms with Crippen molar-refractivity contribution in [1.29, 1.82) is 0 Å². The summed E-state index contributed by atoms with van der Waals surface area (Å²) in [5.74, 6) is -6.38. The number of hydrogen-bond donors (Lipinski definition) is 7. The highest BCUT2D eigenvalue weighted by Crippen LogP contribution is 2.61. The largest absolute Gasteiger partial charge is 0.600 e. The number of fused-ring (bicyclic) bond motifs is 4. The number of ether oxygens (including phenoxy) is 13. The second-order valence-electron chi connectivity index (χ2n) is 28.3. The molecular formula is C67H98N2O24. The zero-order valence-electron chi connectivity index (χ0n) is 55.5. The maximum Gasteiger partial charge on any atom is 0.407 e. The number of methoxy groups -OCH3 is 1. The number of esters is 2. The highest BCUT2D eigenvalue weighted by Gasteiger charge is 2.65. The van der Waals surface area contributed by atoms with Gasteiger partial charge in [-0.3, -0.25) is 14.4 Å². The molecule has 10 rings (SSSR count). The predicted octanol–water partition coefficient (Wildman–Crippen LogP) is 4.86. The minimum absolute atomic E-state index is 0.00628. The van der Waals surface area contributed by atoms with Crippen LogP contribution in [0.2, 0.25) is 0 Å². The first-order valence-corrected chi connectivity index (χ1v) is 33.2. The number of hydroxylamine groups is 2. The topological polar surface area (TPSA) is 346 Å². The lowest BCUT2D eigenvalue weighted by Gasteiger charge is -2.56. The van der Waals surface area contributed by atoms with Crippen LogP contribution in [0.15, 0.2) is 58.4 Å². The Kier molecular flexibility index (Phi) is 21.8. The van der Waals surface area contributed by atoms with Gasteiger partial charge in [-0.05, 0) is 116 Å². The van der Waals surface area contributed by atoms with E-state index in [0.717, 1.165) is 5.57 Å². The highest BCUT2D eigenvalue weighted by atomic mass is 16.8. The Labute approximate surface area is 543 Å². The first kappa shape index (κ1) is 71.2. The van der Waals surface area contributed by atoms with E-state index in [1.807, 2.05) is 39.8 Å². The summed E-state index contributed by atoms with van der Waals surface area (Å²) >= 11 is 0. The third kappa shape index (κ3) is 14.1. The molecule has 1 saturated carbocycles. The Hall–Kier alpha value is -4.59. The molecule has 30 atom stereocenters. The van der Waals surface area contributed by atoms with Crippen molar-refractivity contribution in [3.05, 3.63) is 63.6 Å². The number of ketones is 1. The number of alkyl carbamates (subject to hydrolysis) is 1. The number of quaternary nitrogens is 1. The summed E-state index contributed by atoms with van der Waals surface area (Å²) in [4.78, 5) is 68.1. The molecule has 93 heavy (non-hydrogen) atoms. The fraction of sp³-hybridized carbons (Fsp3) is 0.776. The molecule has 7 N–H and O–H groups in total. The van der Waals surface area contributed by atoms with Crippen LogP contribution in [0.4, 0.5) is 4.79 Å². The van der Waals surface area contributed by atoms with Crippen molar-refractivity contribution in [3.63, 3.8) is 0 Å². The molecule has 1 unspecified atom stereocenters. The van der Waals surface area contributed by atoms with Crippen LogP contribution in [0.1, 0.15) is 147 Å². The number of allylic oxidation sites excluding steroid dienone is 3. The number of rotatable bonds is 14. The van der Waals surface area contributed by atoms with Gasteiger partial charge in [-0.15, -0.1) is 0 Å². The molecule has 1 spiro atoms. The van der Waals surface area contributed by atoms with Crippen LogP contribution in [-0.4, -0.2) is 197 Å². The Morgan fingerprint density at radius 1 is 0.720 bits per heavy atom. The maximum atomic E-state index is 15.6. The van der Waals surface area contributed by atoms with Gasteiger partial charge >= 0.3 is 18.0 Å². The molecule has 2 bridgehead atoms. The molecule has 0 radical (unpaired) electrons. The van der Waals surface area contributed by atoms with Gasteiger partial charge in [0.25, 0.3) is 0 Å². The molecule has 0 aromatic carbocycles. The zero-order chi connectivity index (χ0) is 67.5. The number of amides is 1. The molecule has 6 saturated heterocycles. The van der Waals surface area contributed by atoms with Crippen LogP contribution in [0.5, 0.6) is 0 Å². The van der Waals surface area contributed by atoms with Crippen molar-refractivity contribution in [2.24, 2.45) is 40.9 Å². The van der Waals surface area contributed by atoms with Crippen LogP contribution in [-0.2, 0) is 80.8 Å². The van der Waals surface area contributed by atoms with Crippen LogP contribution in [0.25, 0.3) is 0 Å². The minimum atomic E-state index is -2.19. The van der Waals surface area contributed by atoms with E-state index in [2.05, 4.69) is 25.2 Å². The van der Waals surface area contributed by atoms with Crippen LogP contribution in [0.3, 0.4) is 0 Å². The third-order valence-electron chi connectivity index (χ3n) is 21.8. The van der Waals surface area contributed by atoms with Gasteiger partial charge in [-0.25, -0.2) is 20.0 Å². The van der Waals surface area contributed by atoms with E-state index in [0.29, 0.717) is 44.0 Å². The second kappa shape index (κ2) is 28.5. The number of aliphatic hydroxyl groups excluding tert-OH is 4. The summed E-state index contributed by atoms with van der Waals surface area (Å²) in [6.07, 6.45) is -3.74. The monoisotopic (exact) mass is 1310 g/mol. The average molecular weight is 1320 g/mol. The summed E-state index contributed by atoms with van der Waals surface area (Å²) in [5.41, 5.74) is -4.64. The molecule has 0 aromatic heterocycles. The van der Waals surface area contributed by atoms with E-state index in [1.165, 1.54) is 27.0 Å². The molecule has 4 aliphatic carbocycles. The van der Waals surface area contributed by atoms with E-state index < -0.39 is 210 Å². The maximum absolute atomic E-state index is 15.6. The fourth-order valence-electron chi connectivity index (χ4n) is 17.0. The molecule has 0 aromatic rings. The molecule has 1 amide bonds. The Morgan fingerprint density at radius 3 is 2.01 bits per heavy atom. The van der Waals surface area contributed by atoms with Gasteiger partial charge in [-0.2, -0.15) is 0 Å². The summed E-state index contributed by atoms with van der Waals surface area (Å²) in [6, 6.07) is -1.02. The van der Waals surface area contributed by atoms with Crippen molar-refractivity contribution < 1.29 is 116 Å². The summed E-state index contributed by atoms with van der Waals surface area (Å²) in [7, 11) is 1.17. The molecule has 520 valence electrons. The average Bonchev–Trinajstić information content (AvgIpc) is 1.68. The number of aliphatic hydroxyl groups is 4. The van der Waals surface area contributed by atoms with E-state index in [4.69, 9.17) is 61.6 Å². The van der Waals surface area contributed by atoms with Gasteiger partial charge in [-0.1, -0.05) is 50.6 Å². The first-order valence-electron chi connectivity index (χ1n) is 33.2. The van der Waals surface area contributed by atoms with Crippen molar-refractivity contribution >= 4 is 30.1 Å². The molecular weight excluding hydrogens is 1220 g/mol. The molecule has 26 nitrogen and oxygen atoms in total. The van der Waals surface area contributed by atoms with Gasteiger partial charge in [0.1, 0.15) is 35.9 Å². The van der Waals surface area contributed by atoms with Crippen molar-refractivity contribution in [3.8, 4) is 0 Å². The van der Waals surface area contributed by atoms with E-state index in [-0.39, 0.29) is 43.1 Å². The standard InChI is InChI=1S/C67H98N2O24/c1-30-14-18-47(88-54-28-65(11,69(79)80)60(38(9)86-54)68-64(78)81-13)31(2)23-43-45(73)24-40(29-70)27-67(43)62(76)55(63(77)93-67)61(75)66(12)42(30)16-15-41-56(66)32(3)22-33(4)57(41)92-53-26-49(59(37(8)85-53)87-39(10)71)90-50-21-19-48(35(6)83-50)89-52-25-46(74)58(36(7)84-52)91-51-20-17-44(72)34(5)82-51/h14-16,23-24,29,32-38,41-54,56-60,69,72-75,79H,17-22,25-28H2,1-13H3,(H,68,78)/b30-14-,31-23+,61-55?/t32-,33-,34-,35-,36+,37-,38+,41+,42-,43+,44+,45+,46+,47-,48+,49-,50+,51+,52+,53+,54-,56+,57-,58+,59+,60-,65-,66+,67-/m0/s1. The van der Waals surface area contributed by atoms with Crippen molar-refractivity contribution in [2.45, 2.75) is 281 Å². The quantitative estimate of drug-likeness (QED) is 0.0305. The smallest absolute Gasteiger partial charge is 0.407 e. The molecule has 7 fully saturated rings. The van der Waals surface area contributed by atoms with E-state index >= 15 is 4.79 Å². The third-order valence-corrected chi connectivity index (χ3v) is 21.8. The Morgan fingerprint density at radius 2 is 1.35 bits per heavy atom. The Bertz CT molecular complexity index is 2900. The normalized spacial score (nSPS) is 47.8. The summed E-state index contributed by atoms with van der Waals surface area (Å²) in [5, 5.41) is 71.7. The number of aldehydes is 1. The van der Waals surface area contributed by atoms with Gasteiger partial charge in [0.05, 0.1) is 86.6 Å². The van der Waals surface area contributed by atoms with E-state index in [1.54, 1.807) is 33.8 Å². The lowest BCUT2D eigenvalue weighted by Crippen LogP contribution is -3.17. The highest BCUT2D eigenvalue weighted by molar-refractivity contribution is 6.26. The minimum Gasteiger partial charge on any atom is -0.600 e. The van der Waals surface area contributed by atoms with Crippen LogP contribution < -0.4 is 10.5 Å². The van der Waals surface area contributed by atoms with Crippen molar-refractivity contribution in [2.75, 3.05) is 7.11 Å². The lowest BCUT2D eigenvalue weighted by molar-refractivity contribution is -1.09. The van der Waals surface area contributed by atoms with Gasteiger partial charge < -0.3 is 92.5 Å². The molecule has 26 heteroatoms. The molecule has 6 aliphatic heterocycles. The second-order valence-corrected chi connectivity index (χ2v) is 28.3. The SMILES string of the molecule is COC(=O)N[C@H]1[C@@H](C)O[C@@H](O[C@H]2C/C=C(/C)[C@@H]3C=C[C@H]4[C@@H](O[C@@H]5C[C@H](O[C@@H]6CC[C@@H](O[C@@H]7C[C@@H](O)[C@H](O[C@@H]8CC[C@@H](O)[C@H](C)O8)[C@@H](C)O7)[C@H](C)O6)[C@H](OC(C)=O)[C@H](C)O5)[C@@H](C)C[C@H](C)[C@H]4[C@]3(C)C(O)=C3C(=O)O[C@]4(CC(C=O)=C[C@@H](O)[C@H]4/C=C/2C)C3=O)C[C@]1(C)[NH+]([O-])O. The number of hydrogen-bond acceptors (Lipinski definition) is 24. The number of nitrogens with one attached hydrogen (secondary N) is 2. The number of carbonyl (C=O) groups excluding carboxylic acids is 5. The number of carbonyl (C=O) groups is 5. The van der Waals surface area contributed by atoms with E-state index in [9.17, 15) is 50.0 Å². The summed E-state index contributed by atoms with van der Waals surface area (Å²) in [6.45, 7) is 21.2. The Balaban J connectivity index is 0.903. The van der Waals surface area contributed by atoms with Crippen LogP contribution >= 0.6 is 0 Å². The zero-order valence-corrected chi connectivity index (χ0v) is 55.5. The van der Waals surface area contributed by atoms with Gasteiger partial charge in [0.15, 0.2) is 48.7 Å². The van der Waals surface area contributed by atoms with Crippen LogP contribution in [0, 0.1) is 46.1 Å².